The van der Waals surface area contributed by atoms with E-state index in [-0.39, 0.29) is 5.69 Å². The van der Waals surface area contributed by atoms with Gasteiger partial charge in [0.05, 0.1) is 17.1 Å². The van der Waals surface area contributed by atoms with Crippen molar-refractivity contribution >= 4 is 45.8 Å². The maximum atomic E-state index is 11.5. The van der Waals surface area contributed by atoms with Crippen molar-refractivity contribution in [2.45, 2.75) is 0 Å². The summed E-state index contributed by atoms with van der Waals surface area (Å²) < 4.78 is 1.45. The van der Waals surface area contributed by atoms with Crippen LogP contribution in [0.25, 0.3) is 16.6 Å². The number of carboxylic acid groups (broad SMARTS) is 1. The summed E-state index contributed by atoms with van der Waals surface area (Å²) in [4.78, 5) is 24.3. The molecule has 24 heavy (non-hydrogen) atoms. The lowest BCUT2D eigenvalue weighted by molar-refractivity contribution is 0.0689. The highest BCUT2D eigenvalue weighted by Gasteiger charge is 2.17. The van der Waals surface area contributed by atoms with Crippen molar-refractivity contribution in [2.24, 2.45) is 0 Å². The van der Waals surface area contributed by atoms with Gasteiger partial charge in [0.25, 0.3) is 0 Å². The number of imidazole rings is 1. The minimum Gasteiger partial charge on any atom is -0.477 e. The Morgan fingerprint density at radius 3 is 2.92 bits per heavy atom. The Kier molecular flexibility index (Phi) is 3.28. The summed E-state index contributed by atoms with van der Waals surface area (Å²) in [6.07, 6.45) is 4.53. The first-order valence-corrected chi connectivity index (χ1v) is 7.38. The fourth-order valence-electron chi connectivity index (χ4n) is 2.51. The van der Waals surface area contributed by atoms with E-state index in [1.807, 2.05) is 6.07 Å². The molecule has 0 aliphatic rings. The number of halogens is 1. The molecule has 0 radical (unpaired) electrons. The number of fused-ring (bicyclic) bond motifs is 3. The van der Waals surface area contributed by atoms with Crippen LogP contribution in [0.5, 0.6) is 0 Å². The van der Waals surface area contributed by atoms with Crippen molar-refractivity contribution in [3.05, 3.63) is 59.6 Å². The zero-order chi connectivity index (χ0) is 16.7. The molecule has 3 aromatic heterocycles. The SMILES string of the molecule is O=C(O)c1cnc2c3cnccc3nc(Nc3cccc(Cl)c3)n12. The van der Waals surface area contributed by atoms with E-state index >= 15 is 0 Å². The Balaban J connectivity index is 2.00. The lowest BCUT2D eigenvalue weighted by Gasteiger charge is -2.11. The van der Waals surface area contributed by atoms with Crippen LogP contribution in [0.3, 0.4) is 0 Å². The van der Waals surface area contributed by atoms with Gasteiger partial charge >= 0.3 is 5.97 Å². The van der Waals surface area contributed by atoms with Crippen molar-refractivity contribution in [3.8, 4) is 0 Å². The molecule has 0 bridgehead atoms. The molecule has 0 fully saturated rings. The topological polar surface area (TPSA) is 92.4 Å². The molecule has 0 spiro atoms. The number of aromatic carboxylic acids is 1. The van der Waals surface area contributed by atoms with Gasteiger partial charge in [0.1, 0.15) is 0 Å². The van der Waals surface area contributed by atoms with Gasteiger partial charge in [0.15, 0.2) is 11.3 Å². The van der Waals surface area contributed by atoms with E-state index in [0.717, 1.165) is 0 Å². The Bertz CT molecular complexity index is 1090. The van der Waals surface area contributed by atoms with Gasteiger partial charge < -0.3 is 10.4 Å². The predicted molar refractivity (Wildman–Crippen MR) is 90.0 cm³/mol. The Morgan fingerprint density at radius 2 is 2.12 bits per heavy atom. The van der Waals surface area contributed by atoms with E-state index < -0.39 is 5.97 Å². The zero-order valence-electron chi connectivity index (χ0n) is 12.1. The van der Waals surface area contributed by atoms with Gasteiger partial charge in [-0.2, -0.15) is 0 Å². The third-order valence-electron chi connectivity index (χ3n) is 3.54. The van der Waals surface area contributed by atoms with Crippen molar-refractivity contribution in [3.63, 3.8) is 0 Å². The molecule has 0 saturated heterocycles. The Labute approximate surface area is 140 Å². The van der Waals surface area contributed by atoms with E-state index in [9.17, 15) is 9.90 Å². The first-order chi connectivity index (χ1) is 11.6. The number of carboxylic acids is 1. The smallest absolute Gasteiger partial charge is 0.354 e. The van der Waals surface area contributed by atoms with Gasteiger partial charge in [0, 0.05) is 23.1 Å². The van der Waals surface area contributed by atoms with Gasteiger partial charge in [-0.3, -0.25) is 9.38 Å². The summed E-state index contributed by atoms with van der Waals surface area (Å²) >= 11 is 6.00. The van der Waals surface area contributed by atoms with Crippen LogP contribution in [0, 0.1) is 0 Å². The average molecular weight is 340 g/mol. The second-order valence-electron chi connectivity index (χ2n) is 5.07. The molecule has 8 heteroatoms. The summed E-state index contributed by atoms with van der Waals surface area (Å²) in [6.45, 7) is 0. The maximum Gasteiger partial charge on any atom is 0.354 e. The Hall–Kier alpha value is -3.19. The number of rotatable bonds is 3. The molecule has 118 valence electrons. The summed E-state index contributed by atoms with van der Waals surface area (Å²) in [7, 11) is 0. The molecule has 0 atom stereocenters. The average Bonchev–Trinajstić information content (AvgIpc) is 3.01. The fraction of sp³-hybridized carbons (Fsp3) is 0. The summed E-state index contributed by atoms with van der Waals surface area (Å²) in [6, 6.07) is 8.82. The number of anilines is 2. The van der Waals surface area contributed by atoms with Gasteiger partial charge in [-0.15, -0.1) is 0 Å². The molecule has 4 rings (SSSR count). The van der Waals surface area contributed by atoms with Crippen LogP contribution in [-0.4, -0.2) is 30.4 Å². The molecule has 3 heterocycles. The molecule has 0 aliphatic carbocycles. The quantitative estimate of drug-likeness (QED) is 0.594. The van der Waals surface area contributed by atoms with Crippen molar-refractivity contribution in [1.82, 2.24) is 19.4 Å². The van der Waals surface area contributed by atoms with Crippen LogP contribution in [0.15, 0.2) is 48.9 Å². The van der Waals surface area contributed by atoms with Crippen LogP contribution in [0.2, 0.25) is 5.02 Å². The number of hydrogen-bond donors (Lipinski definition) is 2. The van der Waals surface area contributed by atoms with Crippen LogP contribution >= 0.6 is 11.6 Å². The minimum atomic E-state index is -1.10. The second kappa shape index (κ2) is 5.47. The number of carbonyl (C=O) groups is 1. The highest BCUT2D eigenvalue weighted by molar-refractivity contribution is 6.30. The second-order valence-corrected chi connectivity index (χ2v) is 5.51. The molecule has 0 saturated carbocycles. The van der Waals surface area contributed by atoms with Gasteiger partial charge in [-0.1, -0.05) is 17.7 Å². The van der Waals surface area contributed by atoms with Crippen LogP contribution < -0.4 is 5.32 Å². The van der Waals surface area contributed by atoms with Crippen LogP contribution in [-0.2, 0) is 0 Å². The standard InChI is InChI=1S/C16H10ClN5O2/c17-9-2-1-3-10(6-9)20-16-21-12-4-5-18-7-11(12)14-19-8-13(15(23)24)22(14)16/h1-8H,(H,20,21)(H,23,24). The van der Waals surface area contributed by atoms with Crippen molar-refractivity contribution < 1.29 is 9.90 Å². The zero-order valence-corrected chi connectivity index (χ0v) is 12.9. The molecule has 0 aliphatic heterocycles. The highest BCUT2D eigenvalue weighted by Crippen LogP contribution is 2.25. The molecular weight excluding hydrogens is 330 g/mol. The number of hydrogen-bond acceptors (Lipinski definition) is 5. The molecule has 1 aromatic carbocycles. The normalized spacial score (nSPS) is 11.0. The predicted octanol–water partition coefficient (Wildman–Crippen LogP) is 3.37. The molecule has 4 aromatic rings. The van der Waals surface area contributed by atoms with Crippen LogP contribution in [0.1, 0.15) is 10.5 Å². The van der Waals surface area contributed by atoms with E-state index in [1.54, 1.807) is 36.7 Å². The minimum absolute atomic E-state index is 0.00720. The lowest BCUT2D eigenvalue weighted by atomic mass is 10.3. The largest absolute Gasteiger partial charge is 0.477 e. The van der Waals surface area contributed by atoms with Gasteiger partial charge in [-0.05, 0) is 24.3 Å². The summed E-state index contributed by atoms with van der Waals surface area (Å²) in [5, 5.41) is 13.8. The molecule has 0 amide bonds. The first-order valence-electron chi connectivity index (χ1n) is 7.00. The summed E-state index contributed by atoms with van der Waals surface area (Å²) in [5.41, 5.74) is 1.82. The van der Waals surface area contributed by atoms with E-state index in [4.69, 9.17) is 11.6 Å². The van der Waals surface area contributed by atoms with Gasteiger partial charge in [0.2, 0.25) is 5.95 Å². The summed E-state index contributed by atoms with van der Waals surface area (Å²) in [5.74, 6) is -0.762. The van der Waals surface area contributed by atoms with Crippen LogP contribution in [0.4, 0.5) is 11.6 Å². The number of pyridine rings is 1. The van der Waals surface area contributed by atoms with E-state index in [2.05, 4.69) is 20.3 Å². The fourth-order valence-corrected chi connectivity index (χ4v) is 2.70. The third-order valence-corrected chi connectivity index (χ3v) is 3.77. The third kappa shape index (κ3) is 2.31. The maximum absolute atomic E-state index is 11.5. The molecular formula is C16H10ClN5O2. The highest BCUT2D eigenvalue weighted by atomic mass is 35.5. The lowest BCUT2D eigenvalue weighted by Crippen LogP contribution is -2.08. The molecule has 2 N–H and O–H groups in total. The first kappa shape index (κ1) is 14.4. The number of nitrogens with one attached hydrogen (secondary N) is 1. The number of nitrogens with zero attached hydrogens (tertiary/aromatic N) is 4. The van der Waals surface area contributed by atoms with E-state index in [0.29, 0.717) is 33.2 Å². The van der Waals surface area contributed by atoms with Crippen molar-refractivity contribution in [2.75, 3.05) is 5.32 Å². The van der Waals surface area contributed by atoms with Gasteiger partial charge in [-0.25, -0.2) is 14.8 Å². The van der Waals surface area contributed by atoms with E-state index in [1.165, 1.54) is 10.6 Å². The Morgan fingerprint density at radius 1 is 1.25 bits per heavy atom. The number of benzene rings is 1. The molecule has 0 unspecified atom stereocenters. The number of aromatic nitrogens is 4. The monoisotopic (exact) mass is 339 g/mol. The van der Waals surface area contributed by atoms with Crippen molar-refractivity contribution in [1.29, 1.82) is 0 Å². The molecule has 7 nitrogen and oxygen atoms in total.